The molecule has 122 valence electrons. The van der Waals surface area contributed by atoms with Gasteiger partial charge in [-0.25, -0.2) is 4.79 Å². The van der Waals surface area contributed by atoms with Crippen LogP contribution in [0.1, 0.15) is 38.3 Å². The first-order chi connectivity index (χ1) is 10.4. The van der Waals surface area contributed by atoms with Crippen LogP contribution in [-0.2, 0) is 17.6 Å². The van der Waals surface area contributed by atoms with E-state index in [-0.39, 0.29) is 6.09 Å². The fourth-order valence-electron chi connectivity index (χ4n) is 2.55. The molecule has 1 aromatic rings. The number of rotatable bonds is 4. The molecule has 0 unspecified atom stereocenters. The van der Waals surface area contributed by atoms with Gasteiger partial charge in [0.15, 0.2) is 0 Å². The first-order valence-electron chi connectivity index (χ1n) is 7.79. The molecule has 0 aromatic heterocycles. The molecule has 2 rings (SSSR count). The number of aryl methyl sites for hydroxylation is 1. The van der Waals surface area contributed by atoms with E-state index in [9.17, 15) is 4.79 Å². The van der Waals surface area contributed by atoms with E-state index in [1.165, 1.54) is 5.56 Å². The fourth-order valence-corrected chi connectivity index (χ4v) is 2.55. The molecule has 1 aliphatic heterocycles. The zero-order chi connectivity index (χ0) is 16.2. The molecule has 1 heterocycles. The van der Waals surface area contributed by atoms with Crippen LogP contribution in [0.5, 0.6) is 5.75 Å². The Labute approximate surface area is 132 Å². The van der Waals surface area contributed by atoms with Gasteiger partial charge in [-0.15, -0.1) is 0 Å². The smallest absolute Gasteiger partial charge is 0.407 e. The molecule has 5 heteroatoms. The zero-order valence-electron chi connectivity index (χ0n) is 13.9. The maximum absolute atomic E-state index is 11.7. The molecular formula is C17H26N2O3. The third kappa shape index (κ3) is 4.55. The highest BCUT2D eigenvalue weighted by Gasteiger charge is 2.17. The third-order valence-electron chi connectivity index (χ3n) is 3.51. The van der Waals surface area contributed by atoms with Gasteiger partial charge in [-0.2, -0.15) is 0 Å². The second-order valence-corrected chi connectivity index (χ2v) is 6.53. The van der Waals surface area contributed by atoms with Crippen molar-refractivity contribution >= 4 is 11.8 Å². The summed E-state index contributed by atoms with van der Waals surface area (Å²) in [7, 11) is 1.68. The van der Waals surface area contributed by atoms with E-state index in [0.717, 1.165) is 42.8 Å². The minimum absolute atomic E-state index is 0.383. The summed E-state index contributed by atoms with van der Waals surface area (Å²) in [6.45, 7) is 7.09. The van der Waals surface area contributed by atoms with Crippen molar-refractivity contribution in [3.05, 3.63) is 23.3 Å². The Morgan fingerprint density at radius 1 is 1.36 bits per heavy atom. The van der Waals surface area contributed by atoms with Crippen LogP contribution in [0.3, 0.4) is 0 Å². The summed E-state index contributed by atoms with van der Waals surface area (Å²) in [5.74, 6) is 0.860. The minimum Gasteiger partial charge on any atom is -0.496 e. The number of hydrogen-bond donors (Lipinski definition) is 2. The maximum atomic E-state index is 11.7. The lowest BCUT2D eigenvalue weighted by atomic mass is 9.98. The van der Waals surface area contributed by atoms with E-state index in [1.54, 1.807) is 7.11 Å². The molecule has 0 radical (unpaired) electrons. The van der Waals surface area contributed by atoms with Gasteiger partial charge in [0.25, 0.3) is 0 Å². The van der Waals surface area contributed by atoms with Crippen molar-refractivity contribution in [2.45, 2.75) is 45.6 Å². The number of amides is 1. The van der Waals surface area contributed by atoms with E-state index >= 15 is 0 Å². The van der Waals surface area contributed by atoms with Crippen molar-refractivity contribution in [2.75, 3.05) is 25.5 Å². The number of alkyl carbamates (subject to hydrolysis) is 1. The Kier molecular flexibility index (Phi) is 5.16. The number of hydrogen-bond acceptors (Lipinski definition) is 4. The molecule has 1 amide bonds. The lowest BCUT2D eigenvalue weighted by Crippen LogP contribution is -2.33. The van der Waals surface area contributed by atoms with Gasteiger partial charge < -0.3 is 20.1 Å². The minimum atomic E-state index is -0.473. The predicted octanol–water partition coefficient (Wildman–Crippen LogP) is 3.12. The molecule has 0 spiro atoms. The summed E-state index contributed by atoms with van der Waals surface area (Å²) < 4.78 is 10.7. The molecule has 0 atom stereocenters. The van der Waals surface area contributed by atoms with Crippen LogP contribution in [-0.4, -0.2) is 31.9 Å². The van der Waals surface area contributed by atoms with Crippen molar-refractivity contribution in [1.82, 2.24) is 5.32 Å². The lowest BCUT2D eigenvalue weighted by molar-refractivity contribution is 0.0528. The quantitative estimate of drug-likeness (QED) is 0.897. The van der Waals surface area contributed by atoms with Gasteiger partial charge >= 0.3 is 6.09 Å². The third-order valence-corrected chi connectivity index (χ3v) is 3.51. The Balaban J connectivity index is 1.96. The second-order valence-electron chi connectivity index (χ2n) is 6.53. The van der Waals surface area contributed by atoms with Crippen molar-refractivity contribution in [2.24, 2.45) is 0 Å². The molecule has 0 aliphatic carbocycles. The van der Waals surface area contributed by atoms with Gasteiger partial charge in [0.05, 0.1) is 7.11 Å². The highest BCUT2D eigenvalue weighted by molar-refractivity contribution is 5.67. The summed E-state index contributed by atoms with van der Waals surface area (Å²) in [6.07, 6.45) is 2.56. The number of benzene rings is 1. The largest absolute Gasteiger partial charge is 0.496 e. The van der Waals surface area contributed by atoms with Gasteiger partial charge in [-0.05, 0) is 57.2 Å². The van der Waals surface area contributed by atoms with Crippen LogP contribution < -0.4 is 15.4 Å². The van der Waals surface area contributed by atoms with E-state index in [4.69, 9.17) is 9.47 Å². The van der Waals surface area contributed by atoms with Crippen LogP contribution in [0.25, 0.3) is 0 Å². The topological polar surface area (TPSA) is 59.6 Å². The van der Waals surface area contributed by atoms with Crippen molar-refractivity contribution in [3.8, 4) is 5.75 Å². The molecular weight excluding hydrogens is 280 g/mol. The lowest BCUT2D eigenvalue weighted by Gasteiger charge is -2.21. The molecule has 0 fully saturated rings. The number of methoxy groups -OCH3 is 1. The maximum Gasteiger partial charge on any atom is 0.407 e. The molecule has 1 aromatic carbocycles. The van der Waals surface area contributed by atoms with Crippen LogP contribution in [0.15, 0.2) is 12.1 Å². The van der Waals surface area contributed by atoms with Crippen molar-refractivity contribution in [1.29, 1.82) is 0 Å². The molecule has 0 saturated heterocycles. The fraction of sp³-hybridized carbons (Fsp3) is 0.588. The number of fused-ring (bicyclic) bond motifs is 1. The summed E-state index contributed by atoms with van der Waals surface area (Å²) in [6, 6.07) is 4.23. The standard InChI is InChI=1S/C17H26N2O3/c1-17(2,3)22-16(20)19-9-7-13-10-12-6-5-8-18-14(12)11-15(13)21-4/h10-11,18H,5-9H2,1-4H3,(H,19,20). The first kappa shape index (κ1) is 16.5. The Morgan fingerprint density at radius 2 is 2.14 bits per heavy atom. The number of carbonyl (C=O) groups is 1. The Hall–Kier alpha value is -1.91. The molecule has 1 aliphatic rings. The summed E-state index contributed by atoms with van der Waals surface area (Å²) in [5, 5.41) is 6.18. The van der Waals surface area contributed by atoms with Gasteiger partial charge in [0.2, 0.25) is 0 Å². The predicted molar refractivity (Wildman–Crippen MR) is 87.7 cm³/mol. The summed E-state index contributed by atoms with van der Waals surface area (Å²) >= 11 is 0. The molecule has 0 saturated carbocycles. The molecule has 2 N–H and O–H groups in total. The normalized spacial score (nSPS) is 13.8. The summed E-state index contributed by atoms with van der Waals surface area (Å²) in [4.78, 5) is 11.7. The van der Waals surface area contributed by atoms with Crippen LogP contribution in [0.4, 0.5) is 10.5 Å². The number of ether oxygens (including phenoxy) is 2. The van der Waals surface area contributed by atoms with Crippen molar-refractivity contribution in [3.63, 3.8) is 0 Å². The van der Waals surface area contributed by atoms with E-state index < -0.39 is 5.60 Å². The van der Waals surface area contributed by atoms with Gasteiger partial charge in [0.1, 0.15) is 11.4 Å². The number of carbonyl (C=O) groups excluding carboxylic acids is 1. The number of anilines is 1. The summed E-state index contributed by atoms with van der Waals surface area (Å²) in [5.41, 5.74) is 3.12. The van der Waals surface area contributed by atoms with E-state index in [2.05, 4.69) is 22.8 Å². The average Bonchev–Trinajstić information content (AvgIpc) is 2.44. The van der Waals surface area contributed by atoms with Gasteiger partial charge in [0, 0.05) is 24.8 Å². The Bertz CT molecular complexity index is 535. The highest BCUT2D eigenvalue weighted by Crippen LogP contribution is 2.30. The zero-order valence-corrected chi connectivity index (χ0v) is 13.9. The SMILES string of the molecule is COc1cc2c(cc1CCNC(=O)OC(C)(C)C)CCCN2. The van der Waals surface area contributed by atoms with Gasteiger partial charge in [-0.1, -0.05) is 0 Å². The van der Waals surface area contributed by atoms with E-state index in [0.29, 0.717) is 6.54 Å². The van der Waals surface area contributed by atoms with Crippen LogP contribution in [0.2, 0.25) is 0 Å². The average molecular weight is 306 g/mol. The molecule has 22 heavy (non-hydrogen) atoms. The number of nitrogens with one attached hydrogen (secondary N) is 2. The monoisotopic (exact) mass is 306 g/mol. The van der Waals surface area contributed by atoms with E-state index in [1.807, 2.05) is 20.8 Å². The van der Waals surface area contributed by atoms with Gasteiger partial charge in [-0.3, -0.25) is 0 Å². The van der Waals surface area contributed by atoms with Crippen molar-refractivity contribution < 1.29 is 14.3 Å². The molecule has 5 nitrogen and oxygen atoms in total. The second kappa shape index (κ2) is 6.90. The Morgan fingerprint density at radius 3 is 2.82 bits per heavy atom. The first-order valence-corrected chi connectivity index (χ1v) is 7.79. The van der Waals surface area contributed by atoms with Crippen LogP contribution in [0, 0.1) is 0 Å². The van der Waals surface area contributed by atoms with Crippen LogP contribution >= 0.6 is 0 Å². The highest BCUT2D eigenvalue weighted by atomic mass is 16.6. The molecule has 0 bridgehead atoms.